The first-order valence-corrected chi connectivity index (χ1v) is 6.40. The van der Waals surface area contributed by atoms with Crippen LogP contribution in [0.2, 0.25) is 5.02 Å². The number of carbonyl (C=O) groups excluding carboxylic acids is 1. The van der Waals surface area contributed by atoms with E-state index in [9.17, 15) is 9.59 Å². The van der Waals surface area contributed by atoms with E-state index < -0.39 is 11.9 Å². The lowest BCUT2D eigenvalue weighted by atomic mass is 10.1. The highest BCUT2D eigenvalue weighted by Gasteiger charge is 2.11. The van der Waals surface area contributed by atoms with Crippen molar-refractivity contribution in [1.82, 2.24) is 0 Å². The lowest BCUT2D eigenvalue weighted by molar-refractivity contribution is 0.0696. The van der Waals surface area contributed by atoms with Gasteiger partial charge in [0.25, 0.3) is 0 Å². The molecule has 21 heavy (non-hydrogen) atoms. The minimum absolute atomic E-state index is 0.0441. The van der Waals surface area contributed by atoms with E-state index in [1.165, 1.54) is 12.1 Å². The minimum Gasteiger partial charge on any atom is -0.489 e. The van der Waals surface area contributed by atoms with Crippen molar-refractivity contribution in [2.24, 2.45) is 5.73 Å². The maximum Gasteiger partial charge on any atom is 0.337 e. The van der Waals surface area contributed by atoms with Crippen LogP contribution in [-0.4, -0.2) is 17.0 Å². The highest BCUT2D eigenvalue weighted by Crippen LogP contribution is 2.23. The zero-order valence-corrected chi connectivity index (χ0v) is 11.6. The summed E-state index contributed by atoms with van der Waals surface area (Å²) < 4.78 is 5.50. The van der Waals surface area contributed by atoms with Gasteiger partial charge in [-0.3, -0.25) is 4.79 Å². The van der Waals surface area contributed by atoms with E-state index in [2.05, 4.69) is 0 Å². The Morgan fingerprint density at radius 1 is 1.14 bits per heavy atom. The van der Waals surface area contributed by atoms with Gasteiger partial charge in [-0.05, 0) is 24.3 Å². The molecule has 0 radical (unpaired) electrons. The molecular formula is C15H12ClNO4. The third-order valence-corrected chi connectivity index (χ3v) is 3.17. The second-order valence-electron chi connectivity index (χ2n) is 4.26. The van der Waals surface area contributed by atoms with Gasteiger partial charge in [-0.15, -0.1) is 0 Å². The lowest BCUT2D eigenvalue weighted by Gasteiger charge is -2.10. The maximum absolute atomic E-state index is 11.3. The van der Waals surface area contributed by atoms with Crippen LogP contribution in [0.25, 0.3) is 0 Å². The van der Waals surface area contributed by atoms with Gasteiger partial charge in [0.2, 0.25) is 5.91 Å². The molecule has 108 valence electrons. The summed E-state index contributed by atoms with van der Waals surface area (Å²) in [6.45, 7) is 0.0970. The average molecular weight is 306 g/mol. The van der Waals surface area contributed by atoms with E-state index in [-0.39, 0.29) is 17.2 Å². The lowest BCUT2D eigenvalue weighted by Crippen LogP contribution is -2.14. The molecule has 0 saturated carbocycles. The quantitative estimate of drug-likeness (QED) is 0.888. The van der Waals surface area contributed by atoms with E-state index in [1.54, 1.807) is 30.3 Å². The van der Waals surface area contributed by atoms with Crippen LogP contribution in [0.1, 0.15) is 26.3 Å². The van der Waals surface area contributed by atoms with Crippen molar-refractivity contribution in [3.05, 3.63) is 64.2 Å². The molecule has 0 aliphatic rings. The predicted molar refractivity (Wildman–Crippen MR) is 77.7 cm³/mol. The van der Waals surface area contributed by atoms with E-state index >= 15 is 0 Å². The Kier molecular flexibility index (Phi) is 4.45. The first kappa shape index (κ1) is 14.9. The number of benzene rings is 2. The summed E-state index contributed by atoms with van der Waals surface area (Å²) in [5, 5.41) is 9.12. The van der Waals surface area contributed by atoms with Crippen molar-refractivity contribution in [2.75, 3.05) is 0 Å². The smallest absolute Gasteiger partial charge is 0.337 e. The minimum atomic E-state index is -1.14. The third kappa shape index (κ3) is 3.52. The Bertz CT molecular complexity index is 700. The van der Waals surface area contributed by atoms with Crippen molar-refractivity contribution < 1.29 is 19.4 Å². The topological polar surface area (TPSA) is 89.6 Å². The van der Waals surface area contributed by atoms with Crippen LogP contribution >= 0.6 is 11.6 Å². The van der Waals surface area contributed by atoms with Crippen LogP contribution in [0.15, 0.2) is 42.5 Å². The number of halogens is 1. The molecule has 0 aliphatic carbocycles. The van der Waals surface area contributed by atoms with Gasteiger partial charge < -0.3 is 15.6 Å². The number of primary amides is 1. The summed E-state index contributed by atoms with van der Waals surface area (Å²) in [5.74, 6) is -1.34. The summed E-state index contributed by atoms with van der Waals surface area (Å²) in [6.07, 6.45) is 0. The fourth-order valence-electron chi connectivity index (χ4n) is 1.81. The summed E-state index contributed by atoms with van der Waals surface area (Å²) in [5.41, 5.74) is 6.22. The zero-order valence-electron chi connectivity index (χ0n) is 10.9. The Morgan fingerprint density at radius 3 is 2.52 bits per heavy atom. The van der Waals surface area contributed by atoms with Gasteiger partial charge in [-0.1, -0.05) is 29.8 Å². The van der Waals surface area contributed by atoms with E-state index in [0.29, 0.717) is 16.9 Å². The fraction of sp³-hybridized carbons (Fsp3) is 0.0667. The molecule has 0 bridgehead atoms. The molecule has 0 fully saturated rings. The molecule has 3 N–H and O–H groups in total. The molecule has 2 rings (SSSR count). The number of carboxylic acid groups (broad SMARTS) is 1. The predicted octanol–water partition coefficient (Wildman–Crippen LogP) is 2.72. The average Bonchev–Trinajstić information content (AvgIpc) is 2.46. The molecule has 0 saturated heterocycles. The Labute approximate surface area is 125 Å². The standard InChI is InChI=1S/C15H12ClNO4/c16-13-6-5-10(7-12(13)15(19)20)21-8-9-3-1-2-4-11(9)14(17)18/h1-7H,8H2,(H2,17,18)(H,19,20). The Hall–Kier alpha value is -2.53. The molecule has 0 atom stereocenters. The third-order valence-electron chi connectivity index (χ3n) is 2.85. The van der Waals surface area contributed by atoms with Gasteiger partial charge in [0.15, 0.2) is 0 Å². The second-order valence-corrected chi connectivity index (χ2v) is 4.66. The first-order chi connectivity index (χ1) is 9.99. The molecule has 5 nitrogen and oxygen atoms in total. The molecular weight excluding hydrogens is 294 g/mol. The molecule has 0 aromatic heterocycles. The van der Waals surface area contributed by atoms with Crippen LogP contribution in [0, 0.1) is 0 Å². The van der Waals surface area contributed by atoms with Gasteiger partial charge in [-0.2, -0.15) is 0 Å². The van der Waals surface area contributed by atoms with Gasteiger partial charge in [0, 0.05) is 11.1 Å². The summed E-state index contributed by atoms with van der Waals surface area (Å²) >= 11 is 5.78. The number of aromatic carboxylic acids is 1. The first-order valence-electron chi connectivity index (χ1n) is 6.02. The van der Waals surface area contributed by atoms with Gasteiger partial charge in [0.1, 0.15) is 12.4 Å². The Balaban J connectivity index is 2.19. The second kappa shape index (κ2) is 6.28. The normalized spacial score (nSPS) is 10.1. The number of rotatable bonds is 5. The highest BCUT2D eigenvalue weighted by molar-refractivity contribution is 6.33. The van der Waals surface area contributed by atoms with Crippen molar-refractivity contribution in [3.63, 3.8) is 0 Å². The van der Waals surface area contributed by atoms with Crippen molar-refractivity contribution in [2.45, 2.75) is 6.61 Å². The van der Waals surface area contributed by atoms with Crippen LogP contribution < -0.4 is 10.5 Å². The van der Waals surface area contributed by atoms with E-state index in [0.717, 1.165) is 0 Å². The molecule has 0 aliphatic heterocycles. The van der Waals surface area contributed by atoms with Gasteiger partial charge >= 0.3 is 5.97 Å². The number of carbonyl (C=O) groups is 2. The van der Waals surface area contributed by atoms with Crippen molar-refractivity contribution in [3.8, 4) is 5.75 Å². The molecule has 0 heterocycles. The van der Waals surface area contributed by atoms with Crippen molar-refractivity contribution >= 4 is 23.5 Å². The van der Waals surface area contributed by atoms with Gasteiger partial charge in [0.05, 0.1) is 10.6 Å². The number of nitrogens with two attached hydrogens (primary N) is 1. The number of hydrogen-bond donors (Lipinski definition) is 2. The van der Waals surface area contributed by atoms with Crippen molar-refractivity contribution in [1.29, 1.82) is 0 Å². The monoisotopic (exact) mass is 305 g/mol. The number of ether oxygens (including phenoxy) is 1. The number of hydrogen-bond acceptors (Lipinski definition) is 3. The molecule has 0 unspecified atom stereocenters. The zero-order chi connectivity index (χ0) is 15.4. The summed E-state index contributed by atoms with van der Waals surface area (Å²) in [7, 11) is 0. The summed E-state index contributed by atoms with van der Waals surface area (Å²) in [6, 6.07) is 11.1. The van der Waals surface area contributed by atoms with E-state index in [4.69, 9.17) is 27.2 Å². The largest absolute Gasteiger partial charge is 0.489 e. The van der Waals surface area contributed by atoms with Crippen LogP contribution in [0.4, 0.5) is 0 Å². The molecule has 2 aromatic rings. The molecule has 2 aromatic carbocycles. The molecule has 1 amide bonds. The fourth-order valence-corrected chi connectivity index (χ4v) is 2.00. The highest BCUT2D eigenvalue weighted by atomic mass is 35.5. The Morgan fingerprint density at radius 2 is 1.86 bits per heavy atom. The molecule has 0 spiro atoms. The van der Waals surface area contributed by atoms with Crippen LogP contribution in [0.3, 0.4) is 0 Å². The SMILES string of the molecule is NC(=O)c1ccccc1COc1ccc(Cl)c(C(=O)O)c1. The van der Waals surface area contributed by atoms with Gasteiger partial charge in [-0.25, -0.2) is 4.79 Å². The van der Waals surface area contributed by atoms with Crippen LogP contribution in [-0.2, 0) is 6.61 Å². The molecule has 6 heteroatoms. The number of carboxylic acids is 1. The van der Waals surface area contributed by atoms with E-state index in [1.807, 2.05) is 0 Å². The number of amides is 1. The maximum atomic E-state index is 11.3. The summed E-state index contributed by atoms with van der Waals surface area (Å²) in [4.78, 5) is 22.3. The van der Waals surface area contributed by atoms with Crippen LogP contribution in [0.5, 0.6) is 5.75 Å².